The van der Waals surface area contributed by atoms with E-state index in [2.05, 4.69) is 5.32 Å². The molecule has 0 aliphatic rings. The molecule has 0 heterocycles. The molecule has 7 heteroatoms. The average molecular weight is 354 g/mol. The van der Waals surface area contributed by atoms with E-state index in [1.165, 1.54) is 12.1 Å². The van der Waals surface area contributed by atoms with E-state index in [0.29, 0.717) is 15.6 Å². The van der Waals surface area contributed by atoms with Crippen molar-refractivity contribution < 1.29 is 19.4 Å². The molecule has 23 heavy (non-hydrogen) atoms. The molecule has 0 aliphatic carbocycles. The number of benzene rings is 2. The molecule has 0 unspecified atom stereocenters. The molecular weight excluding hydrogens is 341 g/mol. The fourth-order valence-electron chi connectivity index (χ4n) is 1.77. The van der Waals surface area contributed by atoms with E-state index < -0.39 is 18.5 Å². The predicted octanol–water partition coefficient (Wildman–Crippen LogP) is 3.42. The summed E-state index contributed by atoms with van der Waals surface area (Å²) in [6.45, 7) is -0.446. The number of rotatable bonds is 5. The van der Waals surface area contributed by atoms with Gasteiger partial charge in [-0.05, 0) is 29.8 Å². The Labute approximate surface area is 142 Å². The van der Waals surface area contributed by atoms with Gasteiger partial charge >= 0.3 is 5.97 Å². The van der Waals surface area contributed by atoms with Crippen molar-refractivity contribution in [1.29, 1.82) is 0 Å². The maximum atomic E-state index is 11.8. The molecule has 0 bridgehead atoms. The Morgan fingerprint density at radius 1 is 1.04 bits per heavy atom. The quantitative estimate of drug-likeness (QED) is 0.807. The topological polar surface area (TPSA) is 75.6 Å². The molecule has 2 aromatic rings. The number of para-hydroxylation sites is 1. The van der Waals surface area contributed by atoms with Gasteiger partial charge in [-0.1, -0.05) is 41.4 Å². The van der Waals surface area contributed by atoms with Crippen molar-refractivity contribution in [3.05, 3.63) is 58.1 Å². The highest BCUT2D eigenvalue weighted by atomic mass is 35.5. The lowest BCUT2D eigenvalue weighted by Crippen LogP contribution is -2.22. The largest absolute Gasteiger partial charge is 0.508 e. The van der Waals surface area contributed by atoms with Gasteiger partial charge in [0.05, 0.1) is 22.2 Å². The molecular formula is C16H13Cl2NO4. The minimum atomic E-state index is -0.559. The Morgan fingerprint density at radius 2 is 1.65 bits per heavy atom. The van der Waals surface area contributed by atoms with Crippen LogP contribution >= 0.6 is 23.2 Å². The number of hydrogen-bond donors (Lipinski definition) is 2. The maximum Gasteiger partial charge on any atom is 0.310 e. The van der Waals surface area contributed by atoms with Crippen molar-refractivity contribution in [2.75, 3.05) is 11.9 Å². The first kappa shape index (κ1) is 17.1. The summed E-state index contributed by atoms with van der Waals surface area (Å²) in [5.41, 5.74) is 0.942. The van der Waals surface area contributed by atoms with Gasteiger partial charge in [-0.2, -0.15) is 0 Å². The molecule has 0 fully saturated rings. The fraction of sp³-hybridized carbons (Fsp3) is 0.125. The summed E-state index contributed by atoms with van der Waals surface area (Å²) in [6, 6.07) is 10.9. The van der Waals surface area contributed by atoms with Gasteiger partial charge in [-0.25, -0.2) is 0 Å². The van der Waals surface area contributed by atoms with Gasteiger partial charge in [0, 0.05) is 0 Å². The lowest BCUT2D eigenvalue weighted by atomic mass is 10.1. The first-order valence-electron chi connectivity index (χ1n) is 6.63. The zero-order chi connectivity index (χ0) is 16.8. The summed E-state index contributed by atoms with van der Waals surface area (Å²) < 4.78 is 4.89. The summed E-state index contributed by atoms with van der Waals surface area (Å²) in [4.78, 5) is 23.5. The van der Waals surface area contributed by atoms with E-state index in [1.807, 2.05) is 0 Å². The van der Waals surface area contributed by atoms with E-state index >= 15 is 0 Å². The Balaban J connectivity index is 1.84. The SMILES string of the molecule is O=C(COC(=O)Cc1ccc(O)cc1)Nc1c(Cl)cccc1Cl. The lowest BCUT2D eigenvalue weighted by Gasteiger charge is -2.09. The highest BCUT2D eigenvalue weighted by Gasteiger charge is 2.12. The van der Waals surface area contributed by atoms with Gasteiger partial charge in [0.25, 0.3) is 5.91 Å². The molecule has 0 spiro atoms. The second-order valence-corrected chi connectivity index (χ2v) is 5.46. The number of esters is 1. The fourth-order valence-corrected chi connectivity index (χ4v) is 2.26. The van der Waals surface area contributed by atoms with E-state index in [4.69, 9.17) is 33.0 Å². The number of aromatic hydroxyl groups is 1. The highest BCUT2D eigenvalue weighted by Crippen LogP contribution is 2.29. The van der Waals surface area contributed by atoms with E-state index in [-0.39, 0.29) is 17.9 Å². The van der Waals surface area contributed by atoms with Crippen LogP contribution in [0.1, 0.15) is 5.56 Å². The Kier molecular flexibility index (Phi) is 5.84. The van der Waals surface area contributed by atoms with Crippen LogP contribution in [-0.4, -0.2) is 23.6 Å². The molecule has 5 nitrogen and oxygen atoms in total. The summed E-state index contributed by atoms with van der Waals surface area (Å²) >= 11 is 11.9. The minimum absolute atomic E-state index is 0.000406. The van der Waals surface area contributed by atoms with Crippen LogP contribution in [0.5, 0.6) is 5.75 Å². The third-order valence-electron chi connectivity index (χ3n) is 2.88. The number of amides is 1. The number of ether oxygens (including phenoxy) is 1. The standard InChI is InChI=1S/C16H13Cl2NO4/c17-12-2-1-3-13(18)16(12)19-14(21)9-23-15(22)8-10-4-6-11(20)7-5-10/h1-7,20H,8-9H2,(H,19,21). The van der Waals surface area contributed by atoms with Gasteiger partial charge in [-0.3, -0.25) is 9.59 Å². The molecule has 1 amide bonds. The zero-order valence-corrected chi connectivity index (χ0v) is 13.4. The van der Waals surface area contributed by atoms with Crippen LogP contribution in [0, 0.1) is 0 Å². The normalized spacial score (nSPS) is 10.2. The van der Waals surface area contributed by atoms with Gasteiger partial charge in [-0.15, -0.1) is 0 Å². The summed E-state index contributed by atoms with van der Waals surface area (Å²) in [5, 5.41) is 12.2. The smallest absolute Gasteiger partial charge is 0.310 e. The number of halogens is 2. The molecule has 0 aromatic heterocycles. The average Bonchev–Trinajstić information content (AvgIpc) is 2.51. The van der Waals surface area contributed by atoms with Gasteiger partial charge in [0.15, 0.2) is 6.61 Å². The minimum Gasteiger partial charge on any atom is -0.508 e. The van der Waals surface area contributed by atoms with Crippen molar-refractivity contribution in [3.8, 4) is 5.75 Å². The second-order valence-electron chi connectivity index (χ2n) is 4.65. The van der Waals surface area contributed by atoms with Crippen LogP contribution in [-0.2, 0) is 20.7 Å². The van der Waals surface area contributed by atoms with Crippen LogP contribution in [0.15, 0.2) is 42.5 Å². The van der Waals surface area contributed by atoms with Crippen molar-refractivity contribution in [2.45, 2.75) is 6.42 Å². The monoisotopic (exact) mass is 353 g/mol. The van der Waals surface area contributed by atoms with E-state index in [0.717, 1.165) is 0 Å². The first-order valence-corrected chi connectivity index (χ1v) is 7.38. The Morgan fingerprint density at radius 3 is 2.26 bits per heavy atom. The molecule has 0 radical (unpaired) electrons. The van der Waals surface area contributed by atoms with Crippen LogP contribution in [0.4, 0.5) is 5.69 Å². The molecule has 0 aliphatic heterocycles. The maximum absolute atomic E-state index is 11.8. The zero-order valence-electron chi connectivity index (χ0n) is 11.9. The van der Waals surface area contributed by atoms with Crippen LogP contribution in [0.25, 0.3) is 0 Å². The predicted molar refractivity (Wildman–Crippen MR) is 87.9 cm³/mol. The summed E-state index contributed by atoms with van der Waals surface area (Å²) in [5.74, 6) is -0.992. The van der Waals surface area contributed by atoms with E-state index in [9.17, 15) is 9.59 Å². The lowest BCUT2D eigenvalue weighted by molar-refractivity contribution is -0.146. The van der Waals surface area contributed by atoms with Gasteiger partial charge in [0.1, 0.15) is 5.75 Å². The molecule has 0 saturated heterocycles. The van der Waals surface area contributed by atoms with Crippen molar-refractivity contribution >= 4 is 40.8 Å². The summed E-state index contributed by atoms with van der Waals surface area (Å²) in [7, 11) is 0. The number of nitrogens with one attached hydrogen (secondary N) is 1. The number of carbonyl (C=O) groups excluding carboxylic acids is 2. The van der Waals surface area contributed by atoms with Crippen molar-refractivity contribution in [3.63, 3.8) is 0 Å². The van der Waals surface area contributed by atoms with Crippen LogP contribution in [0.2, 0.25) is 10.0 Å². The third-order valence-corrected chi connectivity index (χ3v) is 3.51. The molecule has 120 valence electrons. The second kappa shape index (κ2) is 7.85. The number of anilines is 1. The number of phenolic OH excluding ortho intramolecular Hbond substituents is 1. The molecule has 0 saturated carbocycles. The van der Waals surface area contributed by atoms with Crippen LogP contribution < -0.4 is 5.32 Å². The first-order chi connectivity index (χ1) is 11.0. The molecule has 2 N–H and O–H groups in total. The van der Waals surface area contributed by atoms with Crippen LogP contribution in [0.3, 0.4) is 0 Å². The van der Waals surface area contributed by atoms with Crippen molar-refractivity contribution in [1.82, 2.24) is 0 Å². The van der Waals surface area contributed by atoms with Crippen molar-refractivity contribution in [2.24, 2.45) is 0 Å². The van der Waals surface area contributed by atoms with E-state index in [1.54, 1.807) is 30.3 Å². The van der Waals surface area contributed by atoms with Gasteiger partial charge < -0.3 is 15.2 Å². The molecule has 2 aromatic carbocycles. The number of phenols is 1. The number of hydrogen-bond acceptors (Lipinski definition) is 4. The third kappa shape index (κ3) is 5.16. The summed E-state index contributed by atoms with van der Waals surface area (Å²) in [6.07, 6.45) is 0.000406. The molecule has 2 rings (SSSR count). The molecule has 0 atom stereocenters. The highest BCUT2D eigenvalue weighted by molar-refractivity contribution is 6.39. The Bertz CT molecular complexity index is 696. The number of carbonyl (C=O) groups is 2. The Hall–Kier alpha value is -2.24. The van der Waals surface area contributed by atoms with Gasteiger partial charge in [0.2, 0.25) is 0 Å².